The van der Waals surface area contributed by atoms with Crippen molar-refractivity contribution in [2.75, 3.05) is 19.7 Å². The Morgan fingerprint density at radius 3 is 2.95 bits per heavy atom. The van der Waals surface area contributed by atoms with Gasteiger partial charge >= 0.3 is 5.97 Å². The van der Waals surface area contributed by atoms with E-state index < -0.39 is 12.1 Å². The number of amides is 1. The lowest BCUT2D eigenvalue weighted by atomic mass is 10.2. The fraction of sp³-hybridized carbons (Fsp3) is 0.333. The van der Waals surface area contributed by atoms with Crippen LogP contribution in [-0.4, -0.2) is 47.7 Å². The molecule has 1 atom stereocenters. The fourth-order valence-corrected chi connectivity index (χ4v) is 3.00. The average Bonchev–Trinajstić information content (AvgIpc) is 2.82. The van der Waals surface area contributed by atoms with Crippen LogP contribution in [-0.2, 0) is 14.3 Å². The summed E-state index contributed by atoms with van der Waals surface area (Å²) in [5.74, 6) is -1.23. The third-order valence-electron chi connectivity index (χ3n) is 2.64. The summed E-state index contributed by atoms with van der Waals surface area (Å²) in [6.45, 7) is 0.759. The molecule has 0 radical (unpaired) electrons. The van der Waals surface area contributed by atoms with Crippen molar-refractivity contribution in [3.05, 3.63) is 26.9 Å². The quantitative estimate of drug-likeness (QED) is 0.848. The Kier molecular flexibility index (Phi) is 4.73. The number of carboxylic acids is 1. The van der Waals surface area contributed by atoms with Crippen LogP contribution in [0.1, 0.15) is 4.88 Å². The Hall–Kier alpha value is -1.18. The van der Waals surface area contributed by atoms with Gasteiger partial charge in [-0.3, -0.25) is 4.79 Å². The molecule has 0 unspecified atom stereocenters. The number of morpholine rings is 1. The van der Waals surface area contributed by atoms with E-state index in [1.165, 1.54) is 22.3 Å². The first kappa shape index (κ1) is 14.2. The van der Waals surface area contributed by atoms with Crippen molar-refractivity contribution in [1.29, 1.82) is 0 Å². The van der Waals surface area contributed by atoms with Crippen LogP contribution >= 0.6 is 27.3 Å². The van der Waals surface area contributed by atoms with Crippen LogP contribution in [0, 0.1) is 0 Å². The van der Waals surface area contributed by atoms with Gasteiger partial charge in [-0.1, -0.05) is 0 Å². The maximum Gasteiger partial charge on any atom is 0.334 e. The lowest BCUT2D eigenvalue weighted by Crippen LogP contribution is -2.48. The number of nitrogens with zero attached hydrogens (tertiary/aromatic N) is 1. The second-order valence-corrected chi connectivity index (χ2v) is 6.45. The molecule has 1 N–H and O–H groups in total. The number of carbonyl (C=O) groups is 2. The van der Waals surface area contributed by atoms with Crippen LogP contribution in [0.5, 0.6) is 0 Å². The highest BCUT2D eigenvalue weighted by Crippen LogP contribution is 2.23. The van der Waals surface area contributed by atoms with E-state index in [4.69, 9.17) is 9.84 Å². The molecule has 5 nitrogen and oxygen atoms in total. The molecular formula is C12H12BrNO4S. The number of ether oxygens (including phenoxy) is 1. The number of aliphatic carboxylic acids is 1. The minimum absolute atomic E-state index is 0.0899. The highest BCUT2D eigenvalue weighted by molar-refractivity contribution is 9.11. The summed E-state index contributed by atoms with van der Waals surface area (Å²) in [5, 5.41) is 8.86. The molecule has 0 saturated carbocycles. The molecule has 1 aliphatic heterocycles. The lowest BCUT2D eigenvalue weighted by molar-refractivity contribution is -0.158. The van der Waals surface area contributed by atoms with Crippen molar-refractivity contribution >= 4 is 45.2 Å². The Balaban J connectivity index is 1.96. The number of hydrogen-bond donors (Lipinski definition) is 1. The van der Waals surface area contributed by atoms with E-state index in [-0.39, 0.29) is 19.1 Å². The van der Waals surface area contributed by atoms with Gasteiger partial charge in [-0.25, -0.2) is 4.79 Å². The number of carbonyl (C=O) groups excluding carboxylic acids is 1. The zero-order valence-corrected chi connectivity index (χ0v) is 12.3. The molecule has 1 aliphatic rings. The predicted molar refractivity (Wildman–Crippen MR) is 75.0 cm³/mol. The van der Waals surface area contributed by atoms with Crippen molar-refractivity contribution < 1.29 is 19.4 Å². The molecule has 1 amide bonds. The summed E-state index contributed by atoms with van der Waals surface area (Å²) >= 11 is 4.87. The van der Waals surface area contributed by atoms with Gasteiger partial charge in [-0.2, -0.15) is 0 Å². The zero-order chi connectivity index (χ0) is 13.8. The van der Waals surface area contributed by atoms with E-state index in [2.05, 4.69) is 15.9 Å². The van der Waals surface area contributed by atoms with Gasteiger partial charge in [0, 0.05) is 17.5 Å². The molecule has 2 rings (SSSR count). The van der Waals surface area contributed by atoms with Crippen molar-refractivity contribution in [3.8, 4) is 0 Å². The van der Waals surface area contributed by atoms with Crippen LogP contribution in [0.3, 0.4) is 0 Å². The third kappa shape index (κ3) is 3.89. The number of hydrogen-bond acceptors (Lipinski definition) is 4. The van der Waals surface area contributed by atoms with Crippen molar-refractivity contribution in [2.24, 2.45) is 0 Å². The minimum Gasteiger partial charge on any atom is -0.479 e. The number of halogens is 1. The standard InChI is InChI=1S/C12H12BrNO4S/c13-10-3-1-8(19-10)2-4-11(15)14-5-6-18-9(7-14)12(16)17/h1-4,9H,5-7H2,(H,16,17)/b4-2+/t9-/m1/s1. The Bertz CT molecular complexity index is 514. The first-order valence-electron chi connectivity index (χ1n) is 5.63. The van der Waals surface area contributed by atoms with Gasteiger partial charge in [-0.15, -0.1) is 11.3 Å². The van der Waals surface area contributed by atoms with Crippen molar-refractivity contribution in [3.63, 3.8) is 0 Å². The van der Waals surface area contributed by atoms with Crippen LogP contribution in [0.2, 0.25) is 0 Å². The van der Waals surface area contributed by atoms with Gasteiger partial charge in [0.2, 0.25) is 5.91 Å². The zero-order valence-electron chi connectivity index (χ0n) is 9.91. The van der Waals surface area contributed by atoms with E-state index >= 15 is 0 Å². The molecule has 0 aliphatic carbocycles. The summed E-state index contributed by atoms with van der Waals surface area (Å²) in [5.41, 5.74) is 0. The molecule has 0 aromatic carbocycles. The molecule has 7 heteroatoms. The van der Waals surface area contributed by atoms with Gasteiger partial charge in [0.1, 0.15) is 0 Å². The van der Waals surface area contributed by atoms with Gasteiger partial charge in [0.15, 0.2) is 6.10 Å². The van der Waals surface area contributed by atoms with Crippen molar-refractivity contribution in [1.82, 2.24) is 4.90 Å². The molecule has 0 spiro atoms. The Labute approximate surface area is 122 Å². The lowest BCUT2D eigenvalue weighted by Gasteiger charge is -2.30. The molecule has 102 valence electrons. The highest BCUT2D eigenvalue weighted by Gasteiger charge is 2.27. The molecule has 2 heterocycles. The fourth-order valence-electron chi connectivity index (χ4n) is 1.68. The monoisotopic (exact) mass is 345 g/mol. The van der Waals surface area contributed by atoms with E-state index in [0.717, 1.165) is 8.66 Å². The molecule has 19 heavy (non-hydrogen) atoms. The maximum absolute atomic E-state index is 11.9. The van der Waals surface area contributed by atoms with Crippen LogP contribution < -0.4 is 0 Å². The molecule has 1 fully saturated rings. The molecule has 1 saturated heterocycles. The van der Waals surface area contributed by atoms with Crippen LogP contribution in [0.25, 0.3) is 6.08 Å². The second-order valence-electron chi connectivity index (χ2n) is 3.96. The number of rotatable bonds is 3. The largest absolute Gasteiger partial charge is 0.479 e. The first-order chi connectivity index (χ1) is 9.06. The molecular weight excluding hydrogens is 334 g/mol. The SMILES string of the molecule is O=C(O)[C@H]1CN(C(=O)/C=C/c2ccc(Br)s2)CCO1. The predicted octanol–water partition coefficient (Wildman–Crippen LogP) is 1.84. The van der Waals surface area contributed by atoms with Gasteiger partial charge in [0.05, 0.1) is 16.9 Å². The summed E-state index contributed by atoms with van der Waals surface area (Å²) in [7, 11) is 0. The molecule has 1 aromatic rings. The minimum atomic E-state index is -1.04. The van der Waals surface area contributed by atoms with Gasteiger partial charge in [0.25, 0.3) is 0 Å². The number of carboxylic acid groups (broad SMARTS) is 1. The summed E-state index contributed by atoms with van der Waals surface area (Å²) < 4.78 is 6.06. The van der Waals surface area contributed by atoms with E-state index in [1.54, 1.807) is 6.08 Å². The summed E-state index contributed by atoms with van der Waals surface area (Å²) in [6, 6.07) is 3.81. The van der Waals surface area contributed by atoms with Crippen LogP contribution in [0.15, 0.2) is 22.0 Å². The smallest absolute Gasteiger partial charge is 0.334 e. The van der Waals surface area contributed by atoms with Gasteiger partial charge < -0.3 is 14.7 Å². The normalized spacial score (nSPS) is 19.8. The van der Waals surface area contributed by atoms with Crippen LogP contribution in [0.4, 0.5) is 0 Å². The summed E-state index contributed by atoms with van der Waals surface area (Å²) in [4.78, 5) is 25.2. The topological polar surface area (TPSA) is 66.8 Å². The summed E-state index contributed by atoms with van der Waals surface area (Å²) in [6.07, 6.45) is 2.26. The second kappa shape index (κ2) is 6.31. The van der Waals surface area contributed by atoms with E-state index in [1.807, 2.05) is 12.1 Å². The average molecular weight is 346 g/mol. The van der Waals surface area contributed by atoms with E-state index in [9.17, 15) is 9.59 Å². The molecule has 0 bridgehead atoms. The maximum atomic E-state index is 11.9. The van der Waals surface area contributed by atoms with E-state index in [0.29, 0.717) is 6.54 Å². The third-order valence-corrected chi connectivity index (χ3v) is 4.23. The highest BCUT2D eigenvalue weighted by atomic mass is 79.9. The van der Waals surface area contributed by atoms with Gasteiger partial charge in [-0.05, 0) is 34.1 Å². The first-order valence-corrected chi connectivity index (χ1v) is 7.24. The number of thiophene rings is 1. The van der Waals surface area contributed by atoms with Crippen molar-refractivity contribution in [2.45, 2.75) is 6.10 Å². The Morgan fingerprint density at radius 2 is 2.32 bits per heavy atom. The Morgan fingerprint density at radius 1 is 1.53 bits per heavy atom. The molecule has 1 aromatic heterocycles.